The van der Waals surface area contributed by atoms with Crippen molar-refractivity contribution in [2.45, 2.75) is 19.6 Å². The fraction of sp³-hybridized carbons (Fsp3) is 0. The Morgan fingerprint density at radius 3 is 1.19 bits per heavy atom. The second kappa shape index (κ2) is 9.26. The van der Waals surface area contributed by atoms with Crippen molar-refractivity contribution in [3.05, 3.63) is 48.0 Å². The minimum atomic E-state index is -5.07. The van der Waals surface area contributed by atoms with Gasteiger partial charge in [0.05, 0.1) is 9.79 Å². The van der Waals surface area contributed by atoms with Crippen LogP contribution in [0.15, 0.2) is 56.0 Å². The Morgan fingerprint density at radius 2 is 0.926 bits per heavy atom. The third-order valence-corrected chi connectivity index (χ3v) is 6.47. The quantitative estimate of drug-likeness (QED) is 0.367. The number of halogens is 2. The van der Waals surface area contributed by atoms with Crippen molar-refractivity contribution in [3.63, 3.8) is 0 Å². The van der Waals surface area contributed by atoms with Gasteiger partial charge in [0.15, 0.2) is 0 Å². The van der Waals surface area contributed by atoms with Crippen molar-refractivity contribution < 1.29 is 43.1 Å². The first-order chi connectivity index (χ1) is 11.2. The van der Waals surface area contributed by atoms with Crippen LogP contribution in [0.2, 0.25) is 0 Å². The average molecular weight is 462 g/mol. The molecule has 0 aliphatic carbocycles. The third-order valence-electron chi connectivity index (χ3n) is 2.98. The molecule has 0 amide bonds. The summed E-state index contributed by atoms with van der Waals surface area (Å²) in [6.07, 6.45) is 0. The second-order valence-electron chi connectivity index (χ2n) is 4.64. The van der Waals surface area contributed by atoms with E-state index in [0.717, 1.165) is 0 Å². The monoisotopic (exact) mass is 462 g/mol. The van der Waals surface area contributed by atoms with Crippen molar-refractivity contribution in [3.8, 4) is 0 Å². The fourth-order valence-electron chi connectivity index (χ4n) is 1.83. The number of sulfone groups is 1. The van der Waals surface area contributed by atoms with Crippen LogP contribution >= 0.6 is 0 Å². The molecule has 140 valence electrons. The molecule has 15 heteroatoms. The topological polar surface area (TPSA) is 143 Å². The fourth-order valence-corrected chi connectivity index (χ4v) is 4.48. The molecule has 0 aliphatic rings. The van der Waals surface area contributed by atoms with Crippen LogP contribution in [0.25, 0.3) is 0 Å². The van der Waals surface area contributed by atoms with Gasteiger partial charge in [0.25, 0.3) is 20.2 Å². The average Bonchev–Trinajstić information content (AvgIpc) is 2.45. The van der Waals surface area contributed by atoms with Gasteiger partial charge in [-0.1, -0.05) is 0 Å². The predicted molar refractivity (Wildman–Crippen MR) is 92.2 cm³/mol. The van der Waals surface area contributed by atoms with Crippen molar-refractivity contribution in [1.82, 2.24) is 0 Å². The van der Waals surface area contributed by atoms with E-state index in [1.165, 1.54) is 0 Å². The Kier molecular flexibility index (Phi) is 9.28. The molecule has 0 aliphatic heterocycles. The molecular formula is C12H10F2Na2O8S3. The van der Waals surface area contributed by atoms with Gasteiger partial charge >= 0.3 is 59.1 Å². The summed E-state index contributed by atoms with van der Waals surface area (Å²) >= 11 is 0. The van der Waals surface area contributed by atoms with Gasteiger partial charge in [-0.2, -0.15) is 16.8 Å². The summed E-state index contributed by atoms with van der Waals surface area (Å²) in [7, 11) is -14.8. The maximum absolute atomic E-state index is 13.4. The van der Waals surface area contributed by atoms with E-state index in [4.69, 9.17) is 9.11 Å². The summed E-state index contributed by atoms with van der Waals surface area (Å²) in [6.45, 7) is 0. The molecule has 2 N–H and O–H groups in total. The van der Waals surface area contributed by atoms with Gasteiger partial charge < -0.3 is 0 Å². The SMILES string of the molecule is O=S(=O)(O)c1cc(S(=O)(=O)c2ccc(F)c(S(=O)(=O)O)c2)ccc1F.[NaH].[NaH]. The van der Waals surface area contributed by atoms with Gasteiger partial charge in [0.1, 0.15) is 21.4 Å². The van der Waals surface area contributed by atoms with Crippen molar-refractivity contribution >= 4 is 89.2 Å². The molecule has 0 saturated heterocycles. The Labute approximate surface area is 198 Å². The first kappa shape index (κ1) is 27.1. The zero-order chi connectivity index (χ0) is 19.2. The molecule has 0 radical (unpaired) electrons. The molecule has 0 atom stereocenters. The number of rotatable bonds is 4. The van der Waals surface area contributed by atoms with Crippen molar-refractivity contribution in [2.24, 2.45) is 0 Å². The van der Waals surface area contributed by atoms with Crippen LogP contribution in [0, 0.1) is 11.6 Å². The molecule has 2 aromatic rings. The van der Waals surface area contributed by atoms with Crippen LogP contribution in [-0.4, -0.2) is 93.5 Å². The van der Waals surface area contributed by atoms with E-state index < -0.39 is 61.3 Å². The summed E-state index contributed by atoms with van der Waals surface area (Å²) in [4.78, 5) is -4.25. The first-order valence-electron chi connectivity index (χ1n) is 6.04. The molecular weight excluding hydrogens is 452 g/mol. The summed E-state index contributed by atoms with van der Waals surface area (Å²) in [5.41, 5.74) is 0. The zero-order valence-corrected chi connectivity index (χ0v) is 14.2. The van der Waals surface area contributed by atoms with Gasteiger partial charge in [-0.15, -0.1) is 0 Å². The summed E-state index contributed by atoms with van der Waals surface area (Å²) in [5.74, 6) is -2.83. The standard InChI is InChI=1S/C12H8F2O8S3.2Na.2H/c13-9-3-1-7(5-11(9)24(17,18)19)23(15,16)8-2-4-10(14)12(6-8)25(20,21)22;;;;/h1-6H,(H,17,18,19)(H,20,21,22);;;;. The number of hydrogen-bond donors (Lipinski definition) is 2. The van der Waals surface area contributed by atoms with Crippen molar-refractivity contribution in [1.29, 1.82) is 0 Å². The van der Waals surface area contributed by atoms with Crippen LogP contribution in [-0.2, 0) is 30.1 Å². The molecule has 0 spiro atoms. The van der Waals surface area contributed by atoms with E-state index in [0.29, 0.717) is 36.4 Å². The van der Waals surface area contributed by atoms with Gasteiger partial charge in [-0.3, -0.25) is 9.11 Å². The normalized spacial score (nSPS) is 12.0. The van der Waals surface area contributed by atoms with Gasteiger partial charge in [-0.25, -0.2) is 17.2 Å². The van der Waals surface area contributed by atoms with Gasteiger partial charge in [0, 0.05) is 0 Å². The van der Waals surface area contributed by atoms with E-state index >= 15 is 0 Å². The van der Waals surface area contributed by atoms with E-state index in [1.807, 2.05) is 0 Å². The van der Waals surface area contributed by atoms with Gasteiger partial charge in [-0.05, 0) is 36.4 Å². The molecule has 27 heavy (non-hydrogen) atoms. The zero-order valence-electron chi connectivity index (χ0n) is 11.8. The Hall–Kier alpha value is 0.0700. The van der Waals surface area contributed by atoms with Crippen molar-refractivity contribution in [2.75, 3.05) is 0 Å². The Bertz CT molecular complexity index is 1090. The Morgan fingerprint density at radius 1 is 0.630 bits per heavy atom. The summed E-state index contributed by atoms with van der Waals surface area (Å²) in [6, 6.07) is 2.88. The molecule has 8 nitrogen and oxygen atoms in total. The molecule has 0 bridgehead atoms. The third kappa shape index (κ3) is 6.02. The van der Waals surface area contributed by atoms with Crippen LogP contribution in [0.4, 0.5) is 8.78 Å². The molecule has 0 unspecified atom stereocenters. The van der Waals surface area contributed by atoms with Crippen LogP contribution in [0.5, 0.6) is 0 Å². The molecule has 0 fully saturated rings. The van der Waals surface area contributed by atoms with E-state index in [2.05, 4.69) is 0 Å². The summed E-state index contributed by atoms with van der Waals surface area (Å²) in [5, 5.41) is 0. The predicted octanol–water partition coefficient (Wildman–Crippen LogP) is -0.00600. The first-order valence-corrected chi connectivity index (χ1v) is 10.4. The Balaban J connectivity index is 0.00000338. The number of hydrogen-bond acceptors (Lipinski definition) is 6. The van der Waals surface area contributed by atoms with Gasteiger partial charge in [0.2, 0.25) is 9.84 Å². The maximum atomic E-state index is 13.4. The molecule has 0 saturated carbocycles. The van der Waals surface area contributed by atoms with E-state index in [1.54, 1.807) is 0 Å². The van der Waals surface area contributed by atoms with E-state index in [-0.39, 0.29) is 59.1 Å². The summed E-state index contributed by atoms with van der Waals surface area (Å²) < 4.78 is 114. The molecule has 2 aromatic carbocycles. The minimum absolute atomic E-state index is 0. The van der Waals surface area contributed by atoms with Crippen LogP contribution < -0.4 is 0 Å². The second-order valence-corrected chi connectivity index (χ2v) is 9.37. The van der Waals surface area contributed by atoms with E-state index in [9.17, 15) is 34.0 Å². The molecule has 0 aromatic heterocycles. The van der Waals surface area contributed by atoms with Crippen LogP contribution in [0.1, 0.15) is 0 Å². The number of benzene rings is 2. The molecule has 2 rings (SSSR count). The molecule has 0 heterocycles. The van der Waals surface area contributed by atoms with Crippen LogP contribution in [0.3, 0.4) is 0 Å².